The van der Waals surface area contributed by atoms with E-state index in [2.05, 4.69) is 9.97 Å². The van der Waals surface area contributed by atoms with Crippen LogP contribution in [0.4, 0.5) is 4.39 Å². The summed E-state index contributed by atoms with van der Waals surface area (Å²) in [7, 11) is 0. The molecule has 1 N–H and O–H groups in total. The first-order valence-electron chi connectivity index (χ1n) is 6.46. The monoisotopic (exact) mass is 302 g/mol. The average molecular weight is 303 g/mol. The van der Waals surface area contributed by atoms with Crippen LogP contribution in [0.1, 0.15) is 18.7 Å². The quantitative estimate of drug-likeness (QED) is 0.774. The fourth-order valence-electron chi connectivity index (χ4n) is 2.20. The molecule has 3 rings (SSSR count). The minimum absolute atomic E-state index is 0.370. The van der Waals surface area contributed by atoms with E-state index in [9.17, 15) is 9.50 Å². The van der Waals surface area contributed by atoms with Crippen LogP contribution < -0.4 is 0 Å². The van der Waals surface area contributed by atoms with Crippen LogP contribution in [-0.4, -0.2) is 15.1 Å². The third-order valence-corrected chi connectivity index (χ3v) is 3.47. The zero-order valence-electron chi connectivity index (χ0n) is 11.2. The van der Waals surface area contributed by atoms with Crippen LogP contribution in [0.5, 0.6) is 0 Å². The summed E-state index contributed by atoms with van der Waals surface area (Å²) in [5, 5.41) is 10.4. The highest BCUT2D eigenvalue weighted by Crippen LogP contribution is 2.30. The molecule has 0 saturated heterocycles. The van der Waals surface area contributed by atoms with Gasteiger partial charge in [0, 0.05) is 5.56 Å². The highest BCUT2D eigenvalue weighted by Gasteiger charge is 2.16. The molecule has 106 valence electrons. The Kier molecular flexibility index (Phi) is 3.57. The van der Waals surface area contributed by atoms with Gasteiger partial charge in [-0.2, -0.15) is 0 Å². The van der Waals surface area contributed by atoms with Gasteiger partial charge in [-0.1, -0.05) is 29.8 Å². The van der Waals surface area contributed by atoms with E-state index >= 15 is 0 Å². The van der Waals surface area contributed by atoms with Gasteiger partial charge in [0.2, 0.25) is 0 Å². The van der Waals surface area contributed by atoms with Gasteiger partial charge >= 0.3 is 0 Å². The van der Waals surface area contributed by atoms with Gasteiger partial charge in [-0.15, -0.1) is 0 Å². The van der Waals surface area contributed by atoms with Gasteiger partial charge in [0.15, 0.2) is 0 Å². The Balaban J connectivity index is 2.34. The number of nitrogens with zero attached hydrogens (tertiary/aromatic N) is 2. The molecule has 0 aliphatic heterocycles. The van der Waals surface area contributed by atoms with Crippen LogP contribution in [0.3, 0.4) is 0 Å². The summed E-state index contributed by atoms with van der Waals surface area (Å²) in [4.78, 5) is 8.91. The number of aliphatic hydroxyl groups excluding tert-OH is 1. The number of halogens is 2. The van der Waals surface area contributed by atoms with Crippen LogP contribution in [0.25, 0.3) is 22.3 Å². The molecule has 0 radical (unpaired) electrons. The highest BCUT2D eigenvalue weighted by atomic mass is 35.5. The molecule has 0 spiro atoms. The second-order valence-electron chi connectivity index (χ2n) is 4.75. The molecule has 1 unspecified atom stereocenters. The molecule has 0 saturated carbocycles. The number of para-hydroxylation sites is 1. The number of hydrogen-bond donors (Lipinski definition) is 1. The van der Waals surface area contributed by atoms with Crippen molar-refractivity contribution in [2.24, 2.45) is 0 Å². The lowest BCUT2D eigenvalue weighted by atomic mass is 10.1. The Labute approximate surface area is 126 Å². The lowest BCUT2D eigenvalue weighted by Crippen LogP contribution is -2.03. The molecule has 1 heterocycles. The van der Waals surface area contributed by atoms with Crippen molar-refractivity contribution in [1.29, 1.82) is 0 Å². The Bertz CT molecular complexity index is 820. The van der Waals surface area contributed by atoms with E-state index in [1.165, 1.54) is 12.1 Å². The predicted octanol–water partition coefficient (Wildman–Crippen LogP) is 4.14. The van der Waals surface area contributed by atoms with Crippen molar-refractivity contribution >= 4 is 22.6 Å². The van der Waals surface area contributed by atoms with Crippen LogP contribution in [0, 0.1) is 5.82 Å². The Morgan fingerprint density at radius 3 is 2.62 bits per heavy atom. The molecule has 0 fully saturated rings. The standard InChI is InChI=1S/C16H12ClFN2O/c1-9(21)14-15(10-4-2-5-11(18)8-10)20-16-12(17)6-3-7-13(16)19-14/h2-9,21H,1H3. The average Bonchev–Trinajstić information content (AvgIpc) is 2.46. The Hall–Kier alpha value is -2.04. The molecular formula is C16H12ClFN2O. The molecule has 3 aromatic rings. The fourth-order valence-corrected chi connectivity index (χ4v) is 2.41. The van der Waals surface area contributed by atoms with E-state index in [4.69, 9.17) is 11.6 Å². The van der Waals surface area contributed by atoms with E-state index in [1.54, 1.807) is 37.3 Å². The van der Waals surface area contributed by atoms with Crippen LogP contribution >= 0.6 is 11.6 Å². The number of aliphatic hydroxyl groups is 1. The van der Waals surface area contributed by atoms with E-state index in [0.29, 0.717) is 33.0 Å². The topological polar surface area (TPSA) is 46.0 Å². The molecule has 1 aromatic heterocycles. The minimum atomic E-state index is -0.820. The second kappa shape index (κ2) is 5.39. The van der Waals surface area contributed by atoms with E-state index in [0.717, 1.165) is 0 Å². The van der Waals surface area contributed by atoms with Crippen molar-refractivity contribution in [3.63, 3.8) is 0 Å². The largest absolute Gasteiger partial charge is 0.387 e. The molecule has 0 aliphatic rings. The second-order valence-corrected chi connectivity index (χ2v) is 5.16. The molecule has 0 aliphatic carbocycles. The normalized spacial score (nSPS) is 12.6. The molecule has 3 nitrogen and oxygen atoms in total. The van der Waals surface area contributed by atoms with Crippen molar-refractivity contribution < 1.29 is 9.50 Å². The molecule has 5 heteroatoms. The molecule has 0 bridgehead atoms. The lowest BCUT2D eigenvalue weighted by molar-refractivity contribution is 0.195. The Morgan fingerprint density at radius 1 is 1.14 bits per heavy atom. The summed E-state index contributed by atoms with van der Waals surface area (Å²) >= 11 is 6.14. The number of rotatable bonds is 2. The van der Waals surface area contributed by atoms with Gasteiger partial charge in [-0.25, -0.2) is 14.4 Å². The summed E-state index contributed by atoms with van der Waals surface area (Å²) < 4.78 is 13.4. The summed E-state index contributed by atoms with van der Waals surface area (Å²) in [6.07, 6.45) is -0.820. The van der Waals surface area contributed by atoms with Crippen molar-refractivity contribution in [1.82, 2.24) is 9.97 Å². The first-order chi connectivity index (χ1) is 10.1. The van der Waals surface area contributed by atoms with Crippen molar-refractivity contribution in [2.45, 2.75) is 13.0 Å². The molecule has 1 atom stereocenters. The molecule has 0 amide bonds. The third-order valence-electron chi connectivity index (χ3n) is 3.17. The maximum Gasteiger partial charge on any atom is 0.123 e. The van der Waals surface area contributed by atoms with Gasteiger partial charge in [-0.05, 0) is 31.2 Å². The van der Waals surface area contributed by atoms with E-state index < -0.39 is 6.10 Å². The van der Waals surface area contributed by atoms with E-state index in [-0.39, 0.29) is 5.82 Å². The van der Waals surface area contributed by atoms with Crippen molar-refractivity contribution in [2.75, 3.05) is 0 Å². The molecule has 2 aromatic carbocycles. The zero-order chi connectivity index (χ0) is 15.0. The summed E-state index contributed by atoms with van der Waals surface area (Å²) in [6.45, 7) is 1.60. The lowest BCUT2D eigenvalue weighted by Gasteiger charge is -2.12. The molecular weight excluding hydrogens is 291 g/mol. The van der Waals surface area contributed by atoms with Gasteiger partial charge < -0.3 is 5.11 Å². The first-order valence-corrected chi connectivity index (χ1v) is 6.84. The van der Waals surface area contributed by atoms with Crippen LogP contribution in [0.15, 0.2) is 42.5 Å². The minimum Gasteiger partial charge on any atom is -0.387 e. The maximum atomic E-state index is 13.4. The van der Waals surface area contributed by atoms with Gasteiger partial charge in [0.05, 0.1) is 28.0 Å². The number of benzene rings is 2. The summed E-state index contributed by atoms with van der Waals surface area (Å²) in [5.74, 6) is -0.370. The fraction of sp³-hybridized carbons (Fsp3) is 0.125. The van der Waals surface area contributed by atoms with Gasteiger partial charge in [0.25, 0.3) is 0 Å². The zero-order valence-corrected chi connectivity index (χ0v) is 12.0. The van der Waals surface area contributed by atoms with Gasteiger partial charge in [-0.3, -0.25) is 0 Å². The van der Waals surface area contributed by atoms with Crippen LogP contribution in [-0.2, 0) is 0 Å². The SMILES string of the molecule is CC(O)c1nc2cccc(Cl)c2nc1-c1cccc(F)c1. The summed E-state index contributed by atoms with van der Waals surface area (Å²) in [6, 6.07) is 11.3. The van der Waals surface area contributed by atoms with Crippen molar-refractivity contribution in [3.8, 4) is 11.3 Å². The Morgan fingerprint density at radius 2 is 1.90 bits per heavy atom. The van der Waals surface area contributed by atoms with Gasteiger partial charge in [0.1, 0.15) is 11.3 Å². The first kappa shape index (κ1) is 13.9. The number of hydrogen-bond acceptors (Lipinski definition) is 3. The summed E-state index contributed by atoms with van der Waals surface area (Å²) in [5.41, 5.74) is 2.52. The predicted molar refractivity (Wildman–Crippen MR) is 80.6 cm³/mol. The highest BCUT2D eigenvalue weighted by molar-refractivity contribution is 6.34. The maximum absolute atomic E-state index is 13.4. The van der Waals surface area contributed by atoms with Crippen molar-refractivity contribution in [3.05, 3.63) is 59.0 Å². The van der Waals surface area contributed by atoms with Crippen LogP contribution in [0.2, 0.25) is 5.02 Å². The number of aromatic nitrogens is 2. The molecule has 21 heavy (non-hydrogen) atoms. The van der Waals surface area contributed by atoms with E-state index in [1.807, 2.05) is 0 Å². The number of fused-ring (bicyclic) bond motifs is 1. The third kappa shape index (κ3) is 2.60. The smallest absolute Gasteiger partial charge is 0.123 e.